The number of unbranched alkanes of at least 4 members (excludes halogenated alkanes) is 1. The summed E-state index contributed by atoms with van der Waals surface area (Å²) in [5.74, 6) is -0.259. The van der Waals surface area contributed by atoms with E-state index in [1.54, 1.807) is 0 Å². The van der Waals surface area contributed by atoms with E-state index in [4.69, 9.17) is 4.74 Å². The number of nitrogens with one attached hydrogen (secondary N) is 1. The number of ether oxygens (including phenoxy) is 1. The summed E-state index contributed by atoms with van der Waals surface area (Å²) in [5.41, 5.74) is 0.104. The SMILES string of the molecule is CCCCn1nc(C(=O)NCC2CCCO2)ccc1=O. The van der Waals surface area contributed by atoms with Crippen molar-refractivity contribution in [1.82, 2.24) is 15.1 Å². The number of aryl methyl sites for hydroxylation is 1. The zero-order chi connectivity index (χ0) is 14.4. The summed E-state index contributed by atoms with van der Waals surface area (Å²) in [6.45, 7) is 3.85. The number of aromatic nitrogens is 2. The predicted molar refractivity (Wildman–Crippen MR) is 74.7 cm³/mol. The van der Waals surface area contributed by atoms with Crippen molar-refractivity contribution >= 4 is 5.91 Å². The summed E-state index contributed by atoms with van der Waals surface area (Å²) in [6.07, 6.45) is 3.96. The van der Waals surface area contributed by atoms with E-state index in [1.165, 1.54) is 16.8 Å². The zero-order valence-electron chi connectivity index (χ0n) is 11.8. The highest BCUT2D eigenvalue weighted by molar-refractivity contribution is 5.91. The third-order valence-corrected chi connectivity index (χ3v) is 3.34. The van der Waals surface area contributed by atoms with Crippen molar-refractivity contribution in [3.8, 4) is 0 Å². The standard InChI is InChI=1S/C14H21N3O3/c1-2-3-8-17-13(18)7-6-12(16-17)14(19)15-10-11-5-4-9-20-11/h6-7,11H,2-5,8-10H2,1H3,(H,15,19). The molecule has 1 N–H and O–H groups in total. The van der Waals surface area contributed by atoms with E-state index in [1.807, 2.05) is 6.92 Å². The van der Waals surface area contributed by atoms with Gasteiger partial charge in [0.1, 0.15) is 5.69 Å². The number of carbonyl (C=O) groups excluding carboxylic acids is 1. The summed E-state index contributed by atoms with van der Waals surface area (Å²) < 4.78 is 6.80. The number of hydrogen-bond donors (Lipinski definition) is 1. The first-order valence-electron chi connectivity index (χ1n) is 7.18. The average molecular weight is 279 g/mol. The van der Waals surface area contributed by atoms with Gasteiger partial charge in [0.15, 0.2) is 0 Å². The number of carbonyl (C=O) groups is 1. The highest BCUT2D eigenvalue weighted by atomic mass is 16.5. The van der Waals surface area contributed by atoms with Crippen LogP contribution in [0.25, 0.3) is 0 Å². The van der Waals surface area contributed by atoms with E-state index in [2.05, 4.69) is 10.4 Å². The zero-order valence-corrected chi connectivity index (χ0v) is 11.8. The number of amides is 1. The maximum atomic E-state index is 12.0. The molecule has 6 nitrogen and oxygen atoms in total. The molecule has 0 aliphatic carbocycles. The fourth-order valence-corrected chi connectivity index (χ4v) is 2.14. The van der Waals surface area contributed by atoms with Gasteiger partial charge in [-0.2, -0.15) is 5.10 Å². The van der Waals surface area contributed by atoms with Crippen LogP contribution >= 0.6 is 0 Å². The minimum atomic E-state index is -0.259. The number of nitrogens with zero attached hydrogens (tertiary/aromatic N) is 2. The van der Waals surface area contributed by atoms with Gasteiger partial charge >= 0.3 is 0 Å². The molecule has 20 heavy (non-hydrogen) atoms. The molecular weight excluding hydrogens is 258 g/mol. The second-order valence-corrected chi connectivity index (χ2v) is 4.98. The minimum absolute atomic E-state index is 0.102. The van der Waals surface area contributed by atoms with Gasteiger partial charge in [0.05, 0.1) is 6.10 Å². The Bertz CT molecular complexity index is 507. The van der Waals surface area contributed by atoms with Crippen LogP contribution < -0.4 is 10.9 Å². The molecule has 1 saturated heterocycles. The second kappa shape index (κ2) is 7.19. The monoisotopic (exact) mass is 279 g/mol. The lowest BCUT2D eigenvalue weighted by Crippen LogP contribution is -2.34. The molecule has 1 aromatic heterocycles. The normalized spacial score (nSPS) is 18.1. The Labute approximate surface area is 118 Å². The molecule has 1 fully saturated rings. The van der Waals surface area contributed by atoms with Crippen LogP contribution in [-0.4, -0.2) is 34.9 Å². The molecule has 1 atom stereocenters. The maximum absolute atomic E-state index is 12.0. The van der Waals surface area contributed by atoms with Crippen molar-refractivity contribution in [1.29, 1.82) is 0 Å². The molecule has 2 rings (SSSR count). The largest absolute Gasteiger partial charge is 0.376 e. The minimum Gasteiger partial charge on any atom is -0.376 e. The number of hydrogen-bond acceptors (Lipinski definition) is 4. The number of rotatable bonds is 6. The van der Waals surface area contributed by atoms with E-state index in [-0.39, 0.29) is 23.3 Å². The third-order valence-electron chi connectivity index (χ3n) is 3.34. The fraction of sp³-hybridized carbons (Fsp3) is 0.643. The van der Waals surface area contributed by atoms with Gasteiger partial charge in [-0.15, -0.1) is 0 Å². The van der Waals surface area contributed by atoms with Crippen molar-refractivity contribution in [3.05, 3.63) is 28.2 Å². The Morgan fingerprint density at radius 2 is 2.40 bits per heavy atom. The highest BCUT2D eigenvalue weighted by Gasteiger charge is 2.17. The molecule has 1 unspecified atom stereocenters. The summed E-state index contributed by atoms with van der Waals surface area (Å²) in [6, 6.07) is 2.86. The Balaban J connectivity index is 1.96. The van der Waals surface area contributed by atoms with Crippen LogP contribution in [0.15, 0.2) is 16.9 Å². The van der Waals surface area contributed by atoms with E-state index < -0.39 is 0 Å². The third kappa shape index (κ3) is 3.90. The molecule has 0 spiro atoms. The van der Waals surface area contributed by atoms with Gasteiger partial charge < -0.3 is 10.1 Å². The van der Waals surface area contributed by atoms with Crippen LogP contribution in [0.4, 0.5) is 0 Å². The highest BCUT2D eigenvalue weighted by Crippen LogP contribution is 2.10. The Morgan fingerprint density at radius 1 is 1.55 bits per heavy atom. The molecular formula is C14H21N3O3. The van der Waals surface area contributed by atoms with Gasteiger partial charge in [0.25, 0.3) is 11.5 Å². The molecule has 0 saturated carbocycles. The van der Waals surface area contributed by atoms with E-state index in [0.717, 1.165) is 32.3 Å². The van der Waals surface area contributed by atoms with Crippen molar-refractivity contribution in [2.45, 2.75) is 45.3 Å². The lowest BCUT2D eigenvalue weighted by atomic mass is 10.2. The van der Waals surface area contributed by atoms with Crippen molar-refractivity contribution in [3.63, 3.8) is 0 Å². The molecule has 0 bridgehead atoms. The summed E-state index contributed by atoms with van der Waals surface area (Å²) in [5, 5.41) is 6.91. The first kappa shape index (κ1) is 14.7. The van der Waals surface area contributed by atoms with E-state index in [9.17, 15) is 9.59 Å². The first-order valence-corrected chi connectivity index (χ1v) is 7.18. The fourth-order valence-electron chi connectivity index (χ4n) is 2.14. The molecule has 1 amide bonds. The van der Waals surface area contributed by atoms with Crippen LogP contribution in [0, 0.1) is 0 Å². The Kier molecular flexibility index (Phi) is 5.29. The lowest BCUT2D eigenvalue weighted by Gasteiger charge is -2.11. The van der Waals surface area contributed by atoms with Crippen LogP contribution in [-0.2, 0) is 11.3 Å². The molecule has 1 aliphatic rings. The van der Waals surface area contributed by atoms with Gasteiger partial charge in [-0.1, -0.05) is 13.3 Å². The van der Waals surface area contributed by atoms with Gasteiger partial charge in [0, 0.05) is 25.8 Å². The topological polar surface area (TPSA) is 73.2 Å². The maximum Gasteiger partial charge on any atom is 0.271 e. The van der Waals surface area contributed by atoms with Gasteiger partial charge in [-0.25, -0.2) is 4.68 Å². The van der Waals surface area contributed by atoms with E-state index >= 15 is 0 Å². The van der Waals surface area contributed by atoms with Crippen molar-refractivity contribution in [2.75, 3.05) is 13.2 Å². The molecule has 6 heteroatoms. The van der Waals surface area contributed by atoms with Crippen LogP contribution in [0.3, 0.4) is 0 Å². The van der Waals surface area contributed by atoms with E-state index in [0.29, 0.717) is 13.1 Å². The summed E-state index contributed by atoms with van der Waals surface area (Å²) >= 11 is 0. The van der Waals surface area contributed by atoms with Crippen LogP contribution in [0.5, 0.6) is 0 Å². The first-order chi connectivity index (χ1) is 9.70. The summed E-state index contributed by atoms with van der Waals surface area (Å²) in [4.78, 5) is 23.6. The summed E-state index contributed by atoms with van der Waals surface area (Å²) in [7, 11) is 0. The molecule has 0 aromatic carbocycles. The van der Waals surface area contributed by atoms with Gasteiger partial charge in [0.2, 0.25) is 0 Å². The van der Waals surface area contributed by atoms with Crippen LogP contribution in [0.2, 0.25) is 0 Å². The molecule has 1 aromatic rings. The smallest absolute Gasteiger partial charge is 0.271 e. The van der Waals surface area contributed by atoms with Crippen molar-refractivity contribution in [2.24, 2.45) is 0 Å². The molecule has 2 heterocycles. The quantitative estimate of drug-likeness (QED) is 0.841. The lowest BCUT2D eigenvalue weighted by molar-refractivity contribution is 0.0851. The van der Waals surface area contributed by atoms with Crippen LogP contribution in [0.1, 0.15) is 43.1 Å². The van der Waals surface area contributed by atoms with Gasteiger partial charge in [-0.05, 0) is 25.3 Å². The second-order valence-electron chi connectivity index (χ2n) is 4.98. The predicted octanol–water partition coefficient (Wildman–Crippen LogP) is 0.952. The van der Waals surface area contributed by atoms with Gasteiger partial charge in [-0.3, -0.25) is 9.59 Å². The Morgan fingerprint density at radius 3 is 3.10 bits per heavy atom. The molecule has 0 radical (unpaired) electrons. The molecule has 110 valence electrons. The Hall–Kier alpha value is -1.69. The average Bonchev–Trinajstić information content (AvgIpc) is 2.97. The molecule has 1 aliphatic heterocycles. The van der Waals surface area contributed by atoms with Crippen molar-refractivity contribution < 1.29 is 9.53 Å².